The highest BCUT2D eigenvalue weighted by Crippen LogP contribution is 2.38. The van der Waals surface area contributed by atoms with Crippen molar-refractivity contribution in [1.82, 2.24) is 9.97 Å². The molecule has 0 radical (unpaired) electrons. The Bertz CT molecular complexity index is 805. The number of hydrogen-bond acceptors (Lipinski definition) is 3. The zero-order valence-electron chi connectivity index (χ0n) is 11.7. The van der Waals surface area contributed by atoms with Crippen LogP contribution in [0.15, 0.2) is 24.3 Å². The number of aromatic amines is 1. The Balaban J connectivity index is 1.65. The SMILES string of the molecule is Cc1nc2ccc(NC3CCCc4sc(I)cc43)cc2[nH]1. The van der Waals surface area contributed by atoms with Gasteiger partial charge in [0, 0.05) is 10.6 Å². The molecular formula is C16H16IN3S. The third-order valence-corrected chi connectivity index (χ3v) is 6.00. The maximum Gasteiger partial charge on any atom is 0.104 e. The molecule has 0 amide bonds. The molecule has 2 N–H and O–H groups in total. The van der Waals surface area contributed by atoms with Gasteiger partial charge in [-0.05, 0) is 78.6 Å². The van der Waals surface area contributed by atoms with Crippen LogP contribution in [-0.4, -0.2) is 9.97 Å². The van der Waals surface area contributed by atoms with E-state index in [9.17, 15) is 0 Å². The summed E-state index contributed by atoms with van der Waals surface area (Å²) in [6.07, 6.45) is 3.71. The van der Waals surface area contributed by atoms with E-state index in [2.05, 4.69) is 62.1 Å². The molecule has 108 valence electrons. The van der Waals surface area contributed by atoms with Crippen LogP contribution >= 0.6 is 33.9 Å². The van der Waals surface area contributed by atoms with Crippen molar-refractivity contribution < 1.29 is 0 Å². The number of rotatable bonds is 2. The lowest BCUT2D eigenvalue weighted by atomic mass is 9.94. The second kappa shape index (κ2) is 5.28. The summed E-state index contributed by atoms with van der Waals surface area (Å²) < 4.78 is 1.39. The van der Waals surface area contributed by atoms with E-state index in [4.69, 9.17) is 0 Å². The topological polar surface area (TPSA) is 40.7 Å². The van der Waals surface area contributed by atoms with Gasteiger partial charge in [-0.2, -0.15) is 0 Å². The predicted octanol–water partition coefficient (Wildman–Crippen LogP) is 5.03. The molecule has 0 saturated heterocycles. The average molecular weight is 409 g/mol. The van der Waals surface area contributed by atoms with Gasteiger partial charge in [-0.15, -0.1) is 11.3 Å². The van der Waals surface area contributed by atoms with Crippen molar-refractivity contribution in [3.8, 4) is 0 Å². The highest BCUT2D eigenvalue weighted by molar-refractivity contribution is 14.1. The molecule has 0 saturated carbocycles. The van der Waals surface area contributed by atoms with E-state index in [0.717, 1.165) is 16.9 Å². The summed E-state index contributed by atoms with van der Waals surface area (Å²) >= 11 is 4.37. The number of benzene rings is 1. The van der Waals surface area contributed by atoms with Gasteiger partial charge >= 0.3 is 0 Å². The van der Waals surface area contributed by atoms with Gasteiger partial charge in [0.05, 0.1) is 20.0 Å². The number of fused-ring (bicyclic) bond motifs is 2. The Morgan fingerprint density at radius 2 is 2.29 bits per heavy atom. The summed E-state index contributed by atoms with van der Waals surface area (Å²) in [6, 6.07) is 9.17. The standard InChI is InChI=1S/C16H16IN3S/c1-9-18-13-6-5-10(7-14(13)19-9)20-12-3-2-4-15-11(12)8-16(17)21-15/h5-8,12,20H,2-4H2,1H3,(H,18,19). The van der Waals surface area contributed by atoms with Gasteiger partial charge in [-0.25, -0.2) is 4.98 Å². The molecule has 21 heavy (non-hydrogen) atoms. The van der Waals surface area contributed by atoms with Crippen LogP contribution in [0.2, 0.25) is 0 Å². The molecule has 0 aliphatic heterocycles. The van der Waals surface area contributed by atoms with E-state index in [1.165, 1.54) is 33.4 Å². The van der Waals surface area contributed by atoms with Crippen molar-refractivity contribution in [2.75, 3.05) is 5.32 Å². The highest BCUT2D eigenvalue weighted by Gasteiger charge is 2.22. The first-order chi connectivity index (χ1) is 10.2. The molecule has 1 aliphatic rings. The summed E-state index contributed by atoms with van der Waals surface area (Å²) in [4.78, 5) is 9.32. The smallest absolute Gasteiger partial charge is 0.104 e. The first-order valence-electron chi connectivity index (χ1n) is 7.20. The van der Waals surface area contributed by atoms with E-state index in [1.807, 2.05) is 18.3 Å². The van der Waals surface area contributed by atoms with Crippen LogP contribution in [0.1, 0.15) is 35.1 Å². The average Bonchev–Trinajstić information content (AvgIpc) is 2.99. The van der Waals surface area contributed by atoms with Crippen LogP contribution in [0, 0.1) is 9.81 Å². The van der Waals surface area contributed by atoms with Crippen LogP contribution in [0.3, 0.4) is 0 Å². The molecule has 1 aromatic carbocycles. The Kier molecular flexibility index (Phi) is 3.41. The minimum Gasteiger partial charge on any atom is -0.378 e. The minimum absolute atomic E-state index is 0.440. The Labute approximate surface area is 141 Å². The monoisotopic (exact) mass is 409 g/mol. The molecule has 3 aromatic rings. The lowest BCUT2D eigenvalue weighted by molar-refractivity contribution is 0.609. The summed E-state index contributed by atoms with van der Waals surface area (Å²) in [6.45, 7) is 1.99. The number of thiophene rings is 1. The number of imidazole rings is 1. The Morgan fingerprint density at radius 3 is 3.19 bits per heavy atom. The number of nitrogens with zero attached hydrogens (tertiary/aromatic N) is 1. The van der Waals surface area contributed by atoms with Gasteiger partial charge in [-0.1, -0.05) is 0 Å². The first kappa shape index (κ1) is 13.6. The van der Waals surface area contributed by atoms with Crippen LogP contribution in [0.4, 0.5) is 5.69 Å². The van der Waals surface area contributed by atoms with E-state index in [-0.39, 0.29) is 0 Å². The number of H-pyrrole nitrogens is 1. The van der Waals surface area contributed by atoms with Crippen molar-refractivity contribution in [2.24, 2.45) is 0 Å². The number of aromatic nitrogens is 2. The lowest BCUT2D eigenvalue weighted by Crippen LogP contribution is -2.15. The number of halogens is 1. The van der Waals surface area contributed by atoms with Gasteiger partial charge in [-0.3, -0.25) is 0 Å². The molecule has 1 unspecified atom stereocenters. The summed E-state index contributed by atoms with van der Waals surface area (Å²) in [5, 5.41) is 3.71. The van der Waals surface area contributed by atoms with E-state index >= 15 is 0 Å². The van der Waals surface area contributed by atoms with Crippen molar-refractivity contribution in [3.05, 3.63) is 43.4 Å². The van der Waals surface area contributed by atoms with Gasteiger partial charge in [0.2, 0.25) is 0 Å². The molecule has 5 heteroatoms. The van der Waals surface area contributed by atoms with Crippen molar-refractivity contribution in [2.45, 2.75) is 32.2 Å². The van der Waals surface area contributed by atoms with Crippen molar-refractivity contribution >= 4 is 50.6 Å². The van der Waals surface area contributed by atoms with Crippen LogP contribution in [0.5, 0.6) is 0 Å². The number of nitrogens with one attached hydrogen (secondary N) is 2. The van der Waals surface area contributed by atoms with E-state index in [1.54, 1.807) is 4.88 Å². The van der Waals surface area contributed by atoms with Gasteiger partial charge in [0.25, 0.3) is 0 Å². The minimum atomic E-state index is 0.440. The third-order valence-electron chi connectivity index (χ3n) is 4.02. The fourth-order valence-electron chi connectivity index (χ4n) is 3.10. The predicted molar refractivity (Wildman–Crippen MR) is 97.2 cm³/mol. The lowest BCUT2D eigenvalue weighted by Gasteiger charge is -2.24. The first-order valence-corrected chi connectivity index (χ1v) is 9.09. The molecule has 4 rings (SSSR count). The van der Waals surface area contributed by atoms with Crippen molar-refractivity contribution in [1.29, 1.82) is 0 Å². The zero-order valence-corrected chi connectivity index (χ0v) is 14.7. The second-order valence-electron chi connectivity index (χ2n) is 5.57. The molecule has 2 aromatic heterocycles. The molecule has 2 heterocycles. The molecular weight excluding hydrogens is 393 g/mol. The third kappa shape index (κ3) is 2.57. The fraction of sp³-hybridized carbons (Fsp3) is 0.312. The van der Waals surface area contributed by atoms with Gasteiger partial charge < -0.3 is 10.3 Å². The molecule has 3 nitrogen and oxygen atoms in total. The number of hydrogen-bond donors (Lipinski definition) is 2. The van der Waals surface area contributed by atoms with Crippen molar-refractivity contribution in [3.63, 3.8) is 0 Å². The second-order valence-corrected chi connectivity index (χ2v) is 8.60. The zero-order chi connectivity index (χ0) is 14.4. The maximum absolute atomic E-state index is 4.46. The van der Waals surface area contributed by atoms with E-state index < -0.39 is 0 Å². The van der Waals surface area contributed by atoms with Crippen LogP contribution < -0.4 is 5.32 Å². The number of aryl methyl sites for hydroxylation is 2. The Hall–Kier alpha value is -1.08. The molecule has 1 aliphatic carbocycles. The molecule has 0 spiro atoms. The highest BCUT2D eigenvalue weighted by atomic mass is 127. The summed E-state index contributed by atoms with van der Waals surface area (Å²) in [5.74, 6) is 0.967. The molecule has 0 fully saturated rings. The van der Waals surface area contributed by atoms with E-state index in [0.29, 0.717) is 6.04 Å². The fourth-order valence-corrected chi connectivity index (χ4v) is 5.22. The quantitative estimate of drug-likeness (QED) is 0.583. The summed E-state index contributed by atoms with van der Waals surface area (Å²) in [7, 11) is 0. The largest absolute Gasteiger partial charge is 0.378 e. The normalized spacial score (nSPS) is 17.9. The molecule has 1 atom stereocenters. The molecule has 0 bridgehead atoms. The maximum atomic E-state index is 4.46. The Morgan fingerprint density at radius 1 is 1.38 bits per heavy atom. The number of anilines is 1. The van der Waals surface area contributed by atoms with Crippen LogP contribution in [-0.2, 0) is 6.42 Å². The van der Waals surface area contributed by atoms with Crippen LogP contribution in [0.25, 0.3) is 11.0 Å². The van der Waals surface area contributed by atoms with Gasteiger partial charge in [0.1, 0.15) is 5.82 Å². The van der Waals surface area contributed by atoms with Gasteiger partial charge in [0.15, 0.2) is 0 Å². The summed E-state index contributed by atoms with van der Waals surface area (Å²) in [5.41, 5.74) is 4.81.